The van der Waals surface area contributed by atoms with Crippen molar-refractivity contribution in [3.8, 4) is 5.75 Å². The zero-order valence-electron chi connectivity index (χ0n) is 13.7. The van der Waals surface area contributed by atoms with Gasteiger partial charge in [-0.1, -0.05) is 23.4 Å². The Hall–Kier alpha value is -2.52. The summed E-state index contributed by atoms with van der Waals surface area (Å²) in [6.45, 7) is 0. The largest absolute Gasteiger partial charge is 0.495 e. The maximum Gasteiger partial charge on any atom is 0.265 e. The third kappa shape index (κ3) is 2.93. The van der Waals surface area contributed by atoms with Crippen LogP contribution in [0.4, 0.5) is 5.69 Å². The summed E-state index contributed by atoms with van der Waals surface area (Å²) in [4.78, 5) is 29.6. The predicted octanol–water partition coefficient (Wildman–Crippen LogP) is 2.46. The first-order valence-electron chi connectivity index (χ1n) is 7.78. The van der Waals surface area contributed by atoms with E-state index in [4.69, 9.17) is 16.3 Å². The van der Waals surface area contributed by atoms with E-state index in [2.05, 4.69) is 20.5 Å². The Morgan fingerprint density at radius 2 is 2.38 bits per heavy atom. The molecular weight excluding hydrogens is 378 g/mol. The highest BCUT2D eigenvalue weighted by Gasteiger charge is 2.29. The molecule has 134 valence electrons. The van der Waals surface area contributed by atoms with Crippen molar-refractivity contribution in [2.24, 2.45) is 0 Å². The summed E-state index contributed by atoms with van der Waals surface area (Å²) in [6, 6.07) is 4.71. The summed E-state index contributed by atoms with van der Waals surface area (Å²) in [5.41, 5.74) is 0.760. The summed E-state index contributed by atoms with van der Waals surface area (Å²) in [6.07, 6.45) is 1.59. The first-order valence-corrected chi connectivity index (χ1v) is 9.15. The van der Waals surface area contributed by atoms with E-state index >= 15 is 0 Å². The first-order chi connectivity index (χ1) is 12.6. The molecule has 1 aromatic carbocycles. The average molecular weight is 392 g/mol. The molecular formula is C16H14ClN5O3S. The minimum atomic E-state index is -0.278. The van der Waals surface area contributed by atoms with Crippen molar-refractivity contribution >= 4 is 46.0 Å². The van der Waals surface area contributed by atoms with Crippen LogP contribution in [-0.2, 0) is 4.79 Å². The van der Waals surface area contributed by atoms with E-state index in [9.17, 15) is 9.59 Å². The first kappa shape index (κ1) is 16.9. The number of amides is 1. The Labute approximate surface area is 156 Å². The predicted molar refractivity (Wildman–Crippen MR) is 99.2 cm³/mol. The number of ether oxygens (including phenoxy) is 1. The molecule has 4 rings (SSSR count). The van der Waals surface area contributed by atoms with Crippen molar-refractivity contribution in [2.45, 2.75) is 17.6 Å². The summed E-state index contributed by atoms with van der Waals surface area (Å²) in [7, 11) is 1.52. The van der Waals surface area contributed by atoms with Crippen LogP contribution in [0.25, 0.3) is 11.0 Å². The van der Waals surface area contributed by atoms with Gasteiger partial charge in [0.05, 0.1) is 25.0 Å². The maximum absolute atomic E-state index is 12.7. The van der Waals surface area contributed by atoms with Crippen molar-refractivity contribution in [3.05, 3.63) is 39.8 Å². The highest BCUT2D eigenvalue weighted by molar-refractivity contribution is 7.99. The van der Waals surface area contributed by atoms with E-state index in [1.54, 1.807) is 22.8 Å². The molecule has 0 bridgehead atoms. The molecule has 0 radical (unpaired) electrons. The molecule has 0 fully saturated rings. The lowest BCUT2D eigenvalue weighted by Crippen LogP contribution is -2.27. The van der Waals surface area contributed by atoms with Gasteiger partial charge in [0.2, 0.25) is 5.91 Å². The second-order valence-electron chi connectivity index (χ2n) is 5.76. The lowest BCUT2D eigenvalue weighted by molar-refractivity contribution is -0.116. The Morgan fingerprint density at radius 3 is 3.19 bits per heavy atom. The highest BCUT2D eigenvalue weighted by atomic mass is 35.5. The van der Waals surface area contributed by atoms with Gasteiger partial charge in [-0.3, -0.25) is 19.3 Å². The molecule has 3 heterocycles. The number of nitrogens with one attached hydrogen (secondary N) is 2. The van der Waals surface area contributed by atoms with Gasteiger partial charge < -0.3 is 10.1 Å². The Kier molecular flexibility index (Phi) is 4.33. The molecule has 1 atom stereocenters. The molecule has 1 aliphatic heterocycles. The average Bonchev–Trinajstić information content (AvgIpc) is 3.23. The number of thioether (sulfide) groups is 1. The van der Waals surface area contributed by atoms with Gasteiger partial charge in [0, 0.05) is 17.2 Å². The number of anilines is 1. The van der Waals surface area contributed by atoms with Crippen LogP contribution >= 0.6 is 23.4 Å². The minimum absolute atomic E-state index is 0.139. The molecule has 0 aliphatic carbocycles. The van der Waals surface area contributed by atoms with E-state index < -0.39 is 0 Å². The van der Waals surface area contributed by atoms with E-state index in [1.807, 2.05) is 0 Å². The second kappa shape index (κ2) is 6.65. The molecule has 1 amide bonds. The van der Waals surface area contributed by atoms with Crippen molar-refractivity contribution in [2.75, 3.05) is 18.2 Å². The Bertz CT molecular complexity index is 1060. The molecule has 2 N–H and O–H groups in total. The number of methoxy groups -OCH3 is 1. The van der Waals surface area contributed by atoms with Gasteiger partial charge >= 0.3 is 0 Å². The van der Waals surface area contributed by atoms with Crippen LogP contribution < -0.4 is 15.6 Å². The summed E-state index contributed by atoms with van der Waals surface area (Å²) in [5, 5.41) is 10.9. The van der Waals surface area contributed by atoms with Gasteiger partial charge in [0.25, 0.3) is 5.56 Å². The SMILES string of the molecule is COc1ccc(Cl)cc1NC(=O)CC1CSc2nc3[nH]ncc3c(=O)n21. The molecule has 3 aromatic rings. The number of aromatic nitrogens is 4. The molecule has 26 heavy (non-hydrogen) atoms. The zero-order valence-corrected chi connectivity index (χ0v) is 15.2. The fourth-order valence-electron chi connectivity index (χ4n) is 2.90. The second-order valence-corrected chi connectivity index (χ2v) is 7.19. The van der Waals surface area contributed by atoms with Gasteiger partial charge in [-0.25, -0.2) is 4.98 Å². The third-order valence-corrected chi connectivity index (χ3v) is 5.44. The number of hydrogen-bond acceptors (Lipinski definition) is 6. The van der Waals surface area contributed by atoms with E-state index in [0.29, 0.717) is 38.4 Å². The molecule has 1 aliphatic rings. The van der Waals surface area contributed by atoms with Crippen molar-refractivity contribution < 1.29 is 9.53 Å². The van der Waals surface area contributed by atoms with Crippen LogP contribution in [0.3, 0.4) is 0 Å². The highest BCUT2D eigenvalue weighted by Crippen LogP contribution is 2.34. The lowest BCUT2D eigenvalue weighted by atomic mass is 10.2. The number of carbonyl (C=O) groups is 1. The van der Waals surface area contributed by atoms with E-state index in [1.165, 1.54) is 25.1 Å². The standard InChI is InChI=1S/C16H14ClN5O3S/c1-25-12-3-2-8(17)4-11(12)19-13(23)5-9-7-26-16-20-14-10(6-18-21-14)15(24)22(9)16/h2-4,6,9H,5,7H2,1H3,(H,18,21)(H,19,23). The quantitative estimate of drug-likeness (QED) is 0.662. The van der Waals surface area contributed by atoms with Gasteiger partial charge in [0.15, 0.2) is 10.8 Å². The number of rotatable bonds is 4. The number of fused-ring (bicyclic) bond motifs is 2. The van der Waals surface area contributed by atoms with Crippen LogP contribution in [-0.4, -0.2) is 38.5 Å². The van der Waals surface area contributed by atoms with Crippen LogP contribution in [0.5, 0.6) is 5.75 Å². The molecule has 1 unspecified atom stereocenters. The Morgan fingerprint density at radius 1 is 1.54 bits per heavy atom. The lowest BCUT2D eigenvalue weighted by Gasteiger charge is -2.14. The number of H-pyrrole nitrogens is 1. The third-order valence-electron chi connectivity index (χ3n) is 4.11. The number of nitrogens with zero attached hydrogens (tertiary/aromatic N) is 3. The molecule has 8 nitrogen and oxygen atoms in total. The molecule has 0 spiro atoms. The fourth-order valence-corrected chi connectivity index (χ4v) is 4.21. The fraction of sp³-hybridized carbons (Fsp3) is 0.250. The van der Waals surface area contributed by atoms with E-state index in [0.717, 1.165) is 0 Å². The van der Waals surface area contributed by atoms with Gasteiger partial charge in [-0.05, 0) is 18.2 Å². The molecule has 2 aromatic heterocycles. The normalized spacial score (nSPS) is 15.8. The molecule has 0 saturated heterocycles. The van der Waals surface area contributed by atoms with Crippen LogP contribution in [0.2, 0.25) is 5.02 Å². The molecule has 10 heteroatoms. The number of halogens is 1. The van der Waals surface area contributed by atoms with Gasteiger partial charge in [0.1, 0.15) is 11.1 Å². The summed E-state index contributed by atoms with van der Waals surface area (Å²) < 4.78 is 6.80. The number of benzene rings is 1. The van der Waals surface area contributed by atoms with Crippen molar-refractivity contribution in [1.82, 2.24) is 19.7 Å². The number of carbonyl (C=O) groups excluding carboxylic acids is 1. The summed E-state index contributed by atoms with van der Waals surface area (Å²) in [5.74, 6) is 0.883. The van der Waals surface area contributed by atoms with Crippen LogP contribution in [0, 0.1) is 0 Å². The smallest absolute Gasteiger partial charge is 0.265 e. The van der Waals surface area contributed by atoms with Crippen molar-refractivity contribution in [1.29, 1.82) is 0 Å². The summed E-state index contributed by atoms with van der Waals surface area (Å²) >= 11 is 7.43. The van der Waals surface area contributed by atoms with Gasteiger partial charge in [-0.15, -0.1) is 0 Å². The van der Waals surface area contributed by atoms with E-state index in [-0.39, 0.29) is 23.9 Å². The molecule has 0 saturated carbocycles. The van der Waals surface area contributed by atoms with Crippen LogP contribution in [0.15, 0.2) is 34.3 Å². The monoisotopic (exact) mass is 391 g/mol. The van der Waals surface area contributed by atoms with Crippen molar-refractivity contribution in [3.63, 3.8) is 0 Å². The Balaban J connectivity index is 1.57. The zero-order chi connectivity index (χ0) is 18.3. The van der Waals surface area contributed by atoms with Gasteiger partial charge in [-0.2, -0.15) is 5.10 Å². The maximum atomic E-state index is 12.7. The topological polar surface area (TPSA) is 102 Å². The van der Waals surface area contributed by atoms with Crippen LogP contribution in [0.1, 0.15) is 12.5 Å². The number of aromatic amines is 1. The number of hydrogen-bond donors (Lipinski definition) is 2. The minimum Gasteiger partial charge on any atom is -0.495 e.